The van der Waals surface area contributed by atoms with Crippen LogP contribution in [0.5, 0.6) is 0 Å². The van der Waals surface area contributed by atoms with Gasteiger partial charge in [0.25, 0.3) is 0 Å². The Kier molecular flexibility index (Phi) is 6.96. The molecule has 0 atom stereocenters. The van der Waals surface area contributed by atoms with Crippen molar-refractivity contribution in [3.8, 4) is 0 Å². The van der Waals surface area contributed by atoms with Gasteiger partial charge in [-0.1, -0.05) is 91.0 Å². The van der Waals surface area contributed by atoms with Gasteiger partial charge in [-0.25, -0.2) is 0 Å². The Morgan fingerprint density at radius 2 is 1.29 bits per heavy atom. The Morgan fingerprint density at radius 3 is 1.81 bits per heavy atom. The minimum atomic E-state index is -0.988. The van der Waals surface area contributed by atoms with Crippen molar-refractivity contribution in [1.82, 2.24) is 4.90 Å². The van der Waals surface area contributed by atoms with Gasteiger partial charge in [0.15, 0.2) is 0 Å². The number of benzene rings is 3. The number of nitrogens with zero attached hydrogens (tertiary/aromatic N) is 1. The molecule has 4 rings (SSSR count). The molecule has 0 bridgehead atoms. The highest BCUT2D eigenvalue weighted by Crippen LogP contribution is 2.41. The molecule has 3 nitrogen and oxygen atoms in total. The maximum Gasteiger partial charge on any atom is 0.138 e. The standard InChI is InChI=1S/C28H31NO2/c30-27(22-23-10-4-1-5-11-23)18-21-29-19-16-26(17-20-29)28(31,24-12-6-2-7-13-24)25-14-8-3-9-15-25/h1-15,26,31H,16-22H2. The monoisotopic (exact) mass is 413 g/mol. The molecular weight excluding hydrogens is 382 g/mol. The van der Waals surface area contributed by atoms with E-state index in [4.69, 9.17) is 0 Å². The van der Waals surface area contributed by atoms with Crippen LogP contribution in [0, 0.1) is 5.92 Å². The Balaban J connectivity index is 1.38. The van der Waals surface area contributed by atoms with Crippen LogP contribution in [0.1, 0.15) is 36.0 Å². The van der Waals surface area contributed by atoms with Gasteiger partial charge in [-0.3, -0.25) is 4.79 Å². The summed E-state index contributed by atoms with van der Waals surface area (Å²) in [4.78, 5) is 14.8. The van der Waals surface area contributed by atoms with E-state index < -0.39 is 5.60 Å². The smallest absolute Gasteiger partial charge is 0.138 e. The Morgan fingerprint density at radius 1 is 0.806 bits per heavy atom. The fourth-order valence-electron chi connectivity index (χ4n) is 4.79. The fraction of sp³-hybridized carbons (Fsp3) is 0.321. The van der Waals surface area contributed by atoms with Gasteiger partial charge >= 0.3 is 0 Å². The van der Waals surface area contributed by atoms with E-state index in [1.165, 1.54) is 0 Å². The third-order valence-electron chi connectivity index (χ3n) is 6.56. The van der Waals surface area contributed by atoms with Crippen molar-refractivity contribution in [2.75, 3.05) is 19.6 Å². The van der Waals surface area contributed by atoms with E-state index in [9.17, 15) is 9.90 Å². The molecule has 3 aromatic carbocycles. The number of hydrogen-bond donors (Lipinski definition) is 1. The second kappa shape index (κ2) is 10.0. The normalized spacial score (nSPS) is 15.6. The lowest BCUT2D eigenvalue weighted by molar-refractivity contribution is -0.118. The molecule has 0 radical (unpaired) electrons. The third-order valence-corrected chi connectivity index (χ3v) is 6.56. The van der Waals surface area contributed by atoms with Crippen molar-refractivity contribution in [2.45, 2.75) is 31.3 Å². The molecule has 1 aliphatic rings. The van der Waals surface area contributed by atoms with Gasteiger partial charge in [0.05, 0.1) is 0 Å². The SMILES string of the molecule is O=C(CCN1CCC(C(O)(c2ccccc2)c2ccccc2)CC1)Cc1ccccc1. The second-order valence-corrected chi connectivity index (χ2v) is 8.57. The van der Waals surface area contributed by atoms with Crippen LogP contribution in [0.25, 0.3) is 0 Å². The number of rotatable bonds is 8. The molecule has 0 amide bonds. The summed E-state index contributed by atoms with van der Waals surface area (Å²) < 4.78 is 0. The van der Waals surface area contributed by atoms with E-state index >= 15 is 0 Å². The van der Waals surface area contributed by atoms with Crippen LogP contribution in [0.15, 0.2) is 91.0 Å². The van der Waals surface area contributed by atoms with Crippen molar-refractivity contribution < 1.29 is 9.90 Å². The van der Waals surface area contributed by atoms with E-state index in [-0.39, 0.29) is 5.92 Å². The molecule has 0 aliphatic carbocycles. The average Bonchev–Trinajstić information content (AvgIpc) is 2.84. The van der Waals surface area contributed by atoms with Gasteiger partial charge in [-0.05, 0) is 48.5 Å². The summed E-state index contributed by atoms with van der Waals surface area (Å²) in [6.07, 6.45) is 2.92. The van der Waals surface area contributed by atoms with Gasteiger partial charge in [0.1, 0.15) is 11.4 Å². The van der Waals surface area contributed by atoms with Crippen LogP contribution >= 0.6 is 0 Å². The van der Waals surface area contributed by atoms with Crippen molar-refractivity contribution in [2.24, 2.45) is 5.92 Å². The molecule has 1 aliphatic heterocycles. The number of aliphatic hydroxyl groups is 1. The number of Topliss-reactive ketones (excluding diaryl/α,β-unsaturated/α-hetero) is 1. The number of piperidine rings is 1. The van der Waals surface area contributed by atoms with Crippen LogP contribution in [-0.4, -0.2) is 35.4 Å². The first-order chi connectivity index (χ1) is 15.2. The van der Waals surface area contributed by atoms with Gasteiger partial charge in [-0.15, -0.1) is 0 Å². The molecule has 1 heterocycles. The highest BCUT2D eigenvalue weighted by molar-refractivity contribution is 5.81. The van der Waals surface area contributed by atoms with E-state index in [0.29, 0.717) is 18.6 Å². The molecule has 31 heavy (non-hydrogen) atoms. The molecule has 160 valence electrons. The molecular formula is C28H31NO2. The highest BCUT2D eigenvalue weighted by Gasteiger charge is 2.41. The van der Waals surface area contributed by atoms with E-state index in [0.717, 1.165) is 49.2 Å². The molecule has 0 aromatic heterocycles. The lowest BCUT2D eigenvalue weighted by Gasteiger charge is -2.42. The van der Waals surface area contributed by atoms with Crippen molar-refractivity contribution >= 4 is 5.78 Å². The minimum Gasteiger partial charge on any atom is -0.380 e. The van der Waals surface area contributed by atoms with Crippen LogP contribution in [0.4, 0.5) is 0 Å². The summed E-state index contributed by atoms with van der Waals surface area (Å²) >= 11 is 0. The third kappa shape index (κ3) is 5.12. The summed E-state index contributed by atoms with van der Waals surface area (Å²) in [5, 5.41) is 12.0. The predicted molar refractivity (Wildman–Crippen MR) is 125 cm³/mol. The molecule has 3 aromatic rings. The first-order valence-electron chi connectivity index (χ1n) is 11.3. The Labute approximate surface area is 185 Å². The molecule has 1 fully saturated rings. The molecule has 0 unspecified atom stereocenters. The van der Waals surface area contributed by atoms with Crippen LogP contribution in [0.2, 0.25) is 0 Å². The van der Waals surface area contributed by atoms with Gasteiger partial charge in [0.2, 0.25) is 0 Å². The number of hydrogen-bond acceptors (Lipinski definition) is 3. The molecule has 0 spiro atoms. The van der Waals surface area contributed by atoms with Crippen molar-refractivity contribution in [3.05, 3.63) is 108 Å². The largest absolute Gasteiger partial charge is 0.380 e. The summed E-state index contributed by atoms with van der Waals surface area (Å²) in [7, 11) is 0. The maximum atomic E-state index is 12.4. The fourth-order valence-corrected chi connectivity index (χ4v) is 4.79. The lowest BCUT2D eigenvalue weighted by Crippen LogP contribution is -2.44. The zero-order chi connectivity index (χ0) is 21.5. The summed E-state index contributed by atoms with van der Waals surface area (Å²) in [6, 6.07) is 30.0. The van der Waals surface area contributed by atoms with Gasteiger partial charge < -0.3 is 10.0 Å². The predicted octanol–water partition coefficient (Wildman–Crippen LogP) is 4.84. The number of likely N-dealkylation sites (tertiary alicyclic amines) is 1. The first kappa shape index (κ1) is 21.5. The first-order valence-corrected chi connectivity index (χ1v) is 11.3. The molecule has 1 N–H and O–H groups in total. The van der Waals surface area contributed by atoms with Gasteiger partial charge in [-0.2, -0.15) is 0 Å². The van der Waals surface area contributed by atoms with Crippen molar-refractivity contribution in [1.29, 1.82) is 0 Å². The maximum absolute atomic E-state index is 12.4. The molecule has 3 heteroatoms. The number of ketones is 1. The van der Waals surface area contributed by atoms with Crippen LogP contribution < -0.4 is 0 Å². The van der Waals surface area contributed by atoms with E-state index in [1.54, 1.807) is 0 Å². The zero-order valence-corrected chi connectivity index (χ0v) is 18.0. The number of carbonyl (C=O) groups is 1. The number of carbonyl (C=O) groups excluding carboxylic acids is 1. The Bertz CT molecular complexity index is 909. The molecule has 0 saturated carbocycles. The quantitative estimate of drug-likeness (QED) is 0.575. The van der Waals surface area contributed by atoms with E-state index in [2.05, 4.69) is 4.90 Å². The van der Waals surface area contributed by atoms with Crippen molar-refractivity contribution in [3.63, 3.8) is 0 Å². The van der Waals surface area contributed by atoms with Crippen LogP contribution in [-0.2, 0) is 16.8 Å². The topological polar surface area (TPSA) is 40.5 Å². The van der Waals surface area contributed by atoms with Crippen LogP contribution in [0.3, 0.4) is 0 Å². The van der Waals surface area contributed by atoms with Gasteiger partial charge in [0, 0.05) is 19.4 Å². The van der Waals surface area contributed by atoms with E-state index in [1.807, 2.05) is 91.0 Å². The summed E-state index contributed by atoms with van der Waals surface area (Å²) in [5.74, 6) is 0.437. The average molecular weight is 414 g/mol. The summed E-state index contributed by atoms with van der Waals surface area (Å²) in [6.45, 7) is 2.62. The zero-order valence-electron chi connectivity index (χ0n) is 18.0. The highest BCUT2D eigenvalue weighted by atomic mass is 16.3. The Hall–Kier alpha value is -2.75. The lowest BCUT2D eigenvalue weighted by atomic mass is 9.72. The molecule has 1 saturated heterocycles. The summed E-state index contributed by atoms with van der Waals surface area (Å²) in [5.41, 5.74) is 2.01. The second-order valence-electron chi connectivity index (χ2n) is 8.57. The minimum absolute atomic E-state index is 0.147.